The summed E-state index contributed by atoms with van der Waals surface area (Å²) in [6.45, 7) is 1.23. The predicted octanol–water partition coefficient (Wildman–Crippen LogP) is 2.57. The fraction of sp³-hybridized carbons (Fsp3) is 0.462. The Morgan fingerprint density at radius 2 is 2.14 bits per heavy atom. The lowest BCUT2D eigenvalue weighted by molar-refractivity contribution is 0.0907. The number of carbonyl (C=O) groups excluding carboxylic acids is 1. The van der Waals surface area contributed by atoms with Gasteiger partial charge in [0.15, 0.2) is 0 Å². The van der Waals surface area contributed by atoms with E-state index in [2.05, 4.69) is 5.32 Å². The quantitative estimate of drug-likeness (QED) is 0.827. The molecule has 1 atom stereocenters. The van der Waals surface area contributed by atoms with Crippen LogP contribution in [0.5, 0.6) is 0 Å². The van der Waals surface area contributed by atoms with Crippen molar-refractivity contribution in [1.29, 1.82) is 0 Å². The second kappa shape index (κ2) is 6.96. The summed E-state index contributed by atoms with van der Waals surface area (Å²) >= 11 is 5.81. The molecule has 0 spiro atoms. The van der Waals surface area contributed by atoms with Crippen LogP contribution in [0.4, 0.5) is 0 Å². The van der Waals surface area contributed by atoms with Crippen LogP contribution in [0.25, 0.3) is 0 Å². The Morgan fingerprint density at radius 1 is 1.38 bits per heavy atom. The summed E-state index contributed by atoms with van der Waals surface area (Å²) in [5, 5.41) is 2.86. The smallest absolute Gasteiger partial charge is 0.261 e. The van der Waals surface area contributed by atoms with E-state index in [-0.39, 0.29) is 21.6 Å². The average Bonchev–Trinajstić information content (AvgIpc) is 2.90. The summed E-state index contributed by atoms with van der Waals surface area (Å²) in [4.78, 5) is 11.8. The Balaban J connectivity index is 2.00. The number of halogens is 2. The molecule has 1 N–H and O–H groups in total. The zero-order valence-corrected chi connectivity index (χ0v) is 13.5. The summed E-state index contributed by atoms with van der Waals surface area (Å²) in [6, 6.07) is 3.80. The Morgan fingerprint density at radius 3 is 2.76 bits per heavy atom. The van der Waals surface area contributed by atoms with Crippen molar-refractivity contribution in [3.05, 3.63) is 28.8 Å². The van der Waals surface area contributed by atoms with Crippen LogP contribution in [-0.4, -0.2) is 33.6 Å². The Hall–Kier alpha value is -0.820. The summed E-state index contributed by atoms with van der Waals surface area (Å²) in [5.41, 5.74) is 0.161. The molecule has 0 aliphatic carbocycles. The third-order valence-electron chi connectivity index (χ3n) is 3.19. The Bertz CT molecular complexity index is 627. The van der Waals surface area contributed by atoms with E-state index >= 15 is 0 Å². The number of amides is 1. The molecule has 0 bridgehead atoms. The van der Waals surface area contributed by atoms with Gasteiger partial charge in [-0.05, 0) is 37.5 Å². The number of benzene rings is 1. The molecular formula is C13H15Cl2NO4S. The second-order valence-corrected chi connectivity index (χ2v) is 7.80. The summed E-state index contributed by atoms with van der Waals surface area (Å²) < 4.78 is 28.1. The van der Waals surface area contributed by atoms with Gasteiger partial charge >= 0.3 is 0 Å². The predicted molar refractivity (Wildman–Crippen MR) is 80.4 cm³/mol. The van der Waals surface area contributed by atoms with Crippen molar-refractivity contribution >= 4 is 37.2 Å². The van der Waals surface area contributed by atoms with Gasteiger partial charge < -0.3 is 10.1 Å². The van der Waals surface area contributed by atoms with Crippen LogP contribution in [0.3, 0.4) is 0 Å². The van der Waals surface area contributed by atoms with Gasteiger partial charge in [0.1, 0.15) is 0 Å². The topological polar surface area (TPSA) is 72.5 Å². The summed E-state index contributed by atoms with van der Waals surface area (Å²) in [6.07, 6.45) is 2.96. The van der Waals surface area contributed by atoms with E-state index in [4.69, 9.17) is 27.0 Å². The molecule has 1 aliphatic heterocycles. The number of hydrogen-bond acceptors (Lipinski definition) is 4. The Labute approximate surface area is 133 Å². The molecule has 1 saturated heterocycles. The molecule has 0 aromatic heterocycles. The molecule has 116 valence electrons. The number of hydrogen-bond donors (Lipinski definition) is 1. The molecule has 0 radical (unpaired) electrons. The molecule has 1 aliphatic rings. The first-order valence-corrected chi connectivity index (χ1v) is 9.20. The van der Waals surface area contributed by atoms with Gasteiger partial charge in [0, 0.05) is 34.4 Å². The first-order valence-electron chi connectivity index (χ1n) is 6.51. The van der Waals surface area contributed by atoms with Gasteiger partial charge in [-0.25, -0.2) is 8.42 Å². The van der Waals surface area contributed by atoms with Crippen molar-refractivity contribution in [2.75, 3.05) is 13.2 Å². The molecule has 1 heterocycles. The molecule has 1 aromatic rings. The van der Waals surface area contributed by atoms with Crippen LogP contribution in [0.1, 0.15) is 29.6 Å². The number of nitrogens with one attached hydrogen (secondary N) is 1. The van der Waals surface area contributed by atoms with Crippen LogP contribution in [0, 0.1) is 0 Å². The molecule has 5 nitrogen and oxygen atoms in total. The van der Waals surface area contributed by atoms with Crippen LogP contribution >= 0.6 is 22.3 Å². The van der Waals surface area contributed by atoms with E-state index in [9.17, 15) is 13.2 Å². The minimum absolute atomic E-state index is 0.140. The van der Waals surface area contributed by atoms with E-state index in [0.29, 0.717) is 6.54 Å². The molecule has 1 fully saturated rings. The van der Waals surface area contributed by atoms with Gasteiger partial charge in [-0.2, -0.15) is 0 Å². The van der Waals surface area contributed by atoms with Crippen LogP contribution in [0.2, 0.25) is 5.02 Å². The third kappa shape index (κ3) is 4.85. The maximum atomic E-state index is 12.0. The molecule has 2 rings (SSSR count). The molecule has 1 aromatic carbocycles. The van der Waals surface area contributed by atoms with E-state index in [1.807, 2.05) is 0 Å². The SMILES string of the molecule is O=C(NCCC1CCCO1)c1cc(Cl)cc(S(=O)(=O)Cl)c1. The molecule has 1 amide bonds. The average molecular weight is 352 g/mol. The second-order valence-electron chi connectivity index (χ2n) is 4.79. The highest BCUT2D eigenvalue weighted by atomic mass is 35.7. The van der Waals surface area contributed by atoms with Crippen molar-refractivity contribution in [2.24, 2.45) is 0 Å². The lowest BCUT2D eigenvalue weighted by atomic mass is 10.1. The van der Waals surface area contributed by atoms with Crippen molar-refractivity contribution in [2.45, 2.75) is 30.3 Å². The maximum absolute atomic E-state index is 12.0. The van der Waals surface area contributed by atoms with Crippen molar-refractivity contribution in [3.8, 4) is 0 Å². The molecular weight excluding hydrogens is 337 g/mol. The fourth-order valence-electron chi connectivity index (χ4n) is 2.16. The highest BCUT2D eigenvalue weighted by Crippen LogP contribution is 2.22. The van der Waals surface area contributed by atoms with Crippen molar-refractivity contribution < 1.29 is 17.9 Å². The zero-order chi connectivity index (χ0) is 15.5. The fourth-order valence-corrected chi connectivity index (χ4v) is 3.26. The number of rotatable bonds is 5. The molecule has 8 heteroatoms. The van der Waals surface area contributed by atoms with Crippen molar-refractivity contribution in [1.82, 2.24) is 5.32 Å². The summed E-state index contributed by atoms with van der Waals surface area (Å²) in [7, 11) is 1.34. The normalized spacial score (nSPS) is 18.7. The van der Waals surface area contributed by atoms with Gasteiger partial charge in [-0.3, -0.25) is 4.79 Å². The first-order chi connectivity index (χ1) is 9.86. The largest absolute Gasteiger partial charge is 0.378 e. The summed E-state index contributed by atoms with van der Waals surface area (Å²) in [5.74, 6) is -0.392. The van der Waals surface area contributed by atoms with Crippen molar-refractivity contribution in [3.63, 3.8) is 0 Å². The van der Waals surface area contributed by atoms with E-state index < -0.39 is 15.0 Å². The molecule has 1 unspecified atom stereocenters. The lowest BCUT2D eigenvalue weighted by Gasteiger charge is -2.10. The van der Waals surface area contributed by atoms with Gasteiger partial charge in [0.25, 0.3) is 15.0 Å². The van der Waals surface area contributed by atoms with Crippen LogP contribution in [-0.2, 0) is 13.8 Å². The van der Waals surface area contributed by atoms with Crippen LogP contribution in [0.15, 0.2) is 23.1 Å². The van der Waals surface area contributed by atoms with E-state index in [1.54, 1.807) is 0 Å². The number of ether oxygens (including phenoxy) is 1. The first kappa shape index (κ1) is 16.5. The minimum Gasteiger partial charge on any atom is -0.378 e. The third-order valence-corrected chi connectivity index (χ3v) is 4.74. The maximum Gasteiger partial charge on any atom is 0.261 e. The minimum atomic E-state index is -3.93. The lowest BCUT2D eigenvalue weighted by Crippen LogP contribution is -2.27. The van der Waals surface area contributed by atoms with Gasteiger partial charge in [0.05, 0.1) is 11.0 Å². The van der Waals surface area contributed by atoms with Gasteiger partial charge in [-0.1, -0.05) is 11.6 Å². The standard InChI is InChI=1S/C13H15Cl2NO4S/c14-10-6-9(7-12(8-10)21(15,18)19)13(17)16-4-3-11-2-1-5-20-11/h6-8,11H,1-5H2,(H,16,17). The zero-order valence-electron chi connectivity index (χ0n) is 11.1. The Kier molecular flexibility index (Phi) is 5.48. The number of carbonyl (C=O) groups is 1. The van der Waals surface area contributed by atoms with E-state index in [0.717, 1.165) is 25.9 Å². The van der Waals surface area contributed by atoms with Gasteiger partial charge in [-0.15, -0.1) is 0 Å². The van der Waals surface area contributed by atoms with Gasteiger partial charge in [0.2, 0.25) is 0 Å². The van der Waals surface area contributed by atoms with Crippen LogP contribution < -0.4 is 5.32 Å². The molecule has 0 saturated carbocycles. The van der Waals surface area contributed by atoms with E-state index in [1.165, 1.54) is 18.2 Å². The monoisotopic (exact) mass is 351 g/mol. The highest BCUT2D eigenvalue weighted by molar-refractivity contribution is 8.13. The highest BCUT2D eigenvalue weighted by Gasteiger charge is 2.17. The molecule has 21 heavy (non-hydrogen) atoms.